The first-order chi connectivity index (χ1) is 7.08. The summed E-state index contributed by atoms with van der Waals surface area (Å²) in [5, 5.41) is 0. The molecule has 2 saturated heterocycles. The minimum Gasteiger partial charge on any atom is -0.452 e. The topological polar surface area (TPSA) is 38.8 Å². The average Bonchev–Trinajstić information content (AvgIpc) is 2.75. The van der Waals surface area contributed by atoms with Gasteiger partial charge in [0.1, 0.15) is 5.60 Å². The van der Waals surface area contributed by atoms with Crippen molar-refractivity contribution in [1.82, 2.24) is 0 Å². The molecule has 0 saturated carbocycles. The maximum atomic E-state index is 11.6. The van der Waals surface area contributed by atoms with Crippen molar-refractivity contribution in [2.24, 2.45) is 0 Å². The third-order valence-electron chi connectivity index (χ3n) is 3.54. The Balaban J connectivity index is 2.01. The van der Waals surface area contributed by atoms with Gasteiger partial charge in [0.05, 0.1) is 0 Å². The van der Waals surface area contributed by atoms with E-state index < -0.39 is 11.2 Å². The number of fused-ring (bicyclic) bond motifs is 1. The van der Waals surface area contributed by atoms with Crippen LogP contribution in [0.25, 0.3) is 0 Å². The van der Waals surface area contributed by atoms with Gasteiger partial charge in [-0.25, -0.2) is 4.79 Å². The number of cyclic esters (lactones) is 1. The molecule has 2 aliphatic heterocycles. The zero-order valence-electron chi connectivity index (χ0n) is 8.69. The standard InChI is InChI=1S/C12H12O3/c1-11-9(8-6-4-3-5-7-8)14-10(13)12(11,2)15-11/h3-7,9H,1-2H3/t9-,11-,12+/m1/s1. The Morgan fingerprint density at radius 3 is 2.33 bits per heavy atom. The number of benzene rings is 1. The van der Waals surface area contributed by atoms with Crippen LogP contribution in [0, 0.1) is 0 Å². The second-order valence-electron chi connectivity index (χ2n) is 4.44. The molecule has 0 unspecified atom stereocenters. The van der Waals surface area contributed by atoms with Crippen LogP contribution in [0.2, 0.25) is 0 Å². The molecule has 0 amide bonds. The van der Waals surface area contributed by atoms with E-state index in [9.17, 15) is 4.79 Å². The third-order valence-corrected chi connectivity index (χ3v) is 3.54. The molecule has 0 aromatic heterocycles. The number of carbonyl (C=O) groups excluding carboxylic acids is 1. The van der Waals surface area contributed by atoms with Crippen LogP contribution in [0.3, 0.4) is 0 Å². The lowest BCUT2D eigenvalue weighted by Crippen LogP contribution is -2.21. The van der Waals surface area contributed by atoms with Crippen molar-refractivity contribution >= 4 is 5.97 Å². The van der Waals surface area contributed by atoms with Crippen molar-refractivity contribution in [3.63, 3.8) is 0 Å². The summed E-state index contributed by atoms with van der Waals surface area (Å²) in [6.45, 7) is 3.72. The molecule has 3 nitrogen and oxygen atoms in total. The number of esters is 1. The molecule has 0 radical (unpaired) electrons. The van der Waals surface area contributed by atoms with Gasteiger partial charge in [0.25, 0.3) is 0 Å². The second-order valence-corrected chi connectivity index (χ2v) is 4.44. The van der Waals surface area contributed by atoms with E-state index in [1.54, 1.807) is 6.92 Å². The Morgan fingerprint density at radius 1 is 1.20 bits per heavy atom. The maximum Gasteiger partial charge on any atom is 0.342 e. The van der Waals surface area contributed by atoms with Crippen LogP contribution in [0.1, 0.15) is 25.5 Å². The lowest BCUT2D eigenvalue weighted by Gasteiger charge is -2.16. The molecule has 3 atom stereocenters. The first-order valence-electron chi connectivity index (χ1n) is 5.04. The zero-order chi connectivity index (χ0) is 10.7. The predicted octanol–water partition coefficient (Wildman–Crippen LogP) is 1.83. The van der Waals surface area contributed by atoms with Gasteiger partial charge in [-0.05, 0) is 19.4 Å². The minimum absolute atomic E-state index is 0.251. The molecule has 15 heavy (non-hydrogen) atoms. The summed E-state index contributed by atoms with van der Waals surface area (Å²) in [5.41, 5.74) is -0.214. The number of epoxide rings is 1. The number of hydrogen-bond acceptors (Lipinski definition) is 3. The molecule has 1 aromatic carbocycles. The van der Waals surface area contributed by atoms with Crippen molar-refractivity contribution < 1.29 is 14.3 Å². The molecule has 1 aromatic rings. The summed E-state index contributed by atoms with van der Waals surface area (Å²) < 4.78 is 10.9. The first-order valence-corrected chi connectivity index (χ1v) is 5.04. The normalized spacial score (nSPS) is 42.3. The van der Waals surface area contributed by atoms with E-state index in [-0.39, 0.29) is 12.1 Å². The monoisotopic (exact) mass is 204 g/mol. The summed E-state index contributed by atoms with van der Waals surface area (Å²) in [6.07, 6.45) is -0.267. The van der Waals surface area contributed by atoms with E-state index in [0.717, 1.165) is 5.56 Å². The van der Waals surface area contributed by atoms with Crippen molar-refractivity contribution in [3.05, 3.63) is 35.9 Å². The minimum atomic E-state index is -0.729. The van der Waals surface area contributed by atoms with Gasteiger partial charge in [0.15, 0.2) is 11.7 Å². The SMILES string of the molecule is C[C@@]12O[C@]1(C)[C@@H](c1ccccc1)OC2=O. The number of carbonyl (C=O) groups is 1. The molecule has 3 heteroatoms. The average molecular weight is 204 g/mol. The molecular weight excluding hydrogens is 192 g/mol. The van der Waals surface area contributed by atoms with Gasteiger partial charge in [-0.1, -0.05) is 30.3 Å². The molecular formula is C12H12O3. The van der Waals surface area contributed by atoms with E-state index in [4.69, 9.17) is 9.47 Å². The fourth-order valence-electron chi connectivity index (χ4n) is 2.29. The van der Waals surface area contributed by atoms with E-state index in [2.05, 4.69) is 0 Å². The van der Waals surface area contributed by atoms with E-state index >= 15 is 0 Å². The molecule has 78 valence electrons. The highest BCUT2D eigenvalue weighted by Gasteiger charge is 2.79. The van der Waals surface area contributed by atoms with Crippen LogP contribution in [0.4, 0.5) is 0 Å². The van der Waals surface area contributed by atoms with Crippen LogP contribution >= 0.6 is 0 Å². The highest BCUT2D eigenvalue weighted by atomic mass is 16.7. The fourth-order valence-corrected chi connectivity index (χ4v) is 2.29. The third kappa shape index (κ3) is 0.913. The Morgan fingerprint density at radius 2 is 1.87 bits per heavy atom. The lowest BCUT2D eigenvalue weighted by atomic mass is 9.90. The first kappa shape index (κ1) is 8.92. The highest BCUT2D eigenvalue weighted by molar-refractivity contribution is 5.88. The molecule has 0 N–H and O–H groups in total. The van der Waals surface area contributed by atoms with Gasteiger partial charge in [0, 0.05) is 0 Å². The fraction of sp³-hybridized carbons (Fsp3) is 0.417. The molecule has 3 rings (SSSR count). The quantitative estimate of drug-likeness (QED) is 0.517. The van der Waals surface area contributed by atoms with Crippen molar-refractivity contribution in [2.75, 3.05) is 0 Å². The smallest absolute Gasteiger partial charge is 0.342 e. The van der Waals surface area contributed by atoms with Gasteiger partial charge in [0.2, 0.25) is 0 Å². The Kier molecular flexibility index (Phi) is 1.44. The molecule has 0 spiro atoms. The molecule has 2 fully saturated rings. The summed E-state index contributed by atoms with van der Waals surface area (Å²) >= 11 is 0. The largest absolute Gasteiger partial charge is 0.452 e. The van der Waals surface area contributed by atoms with E-state index in [0.29, 0.717) is 0 Å². The maximum absolute atomic E-state index is 11.6. The summed E-state index contributed by atoms with van der Waals surface area (Å²) in [4.78, 5) is 11.6. The van der Waals surface area contributed by atoms with Gasteiger partial charge >= 0.3 is 5.97 Å². The van der Waals surface area contributed by atoms with Crippen molar-refractivity contribution in [3.8, 4) is 0 Å². The molecule has 0 bridgehead atoms. The Bertz CT molecular complexity index is 428. The van der Waals surface area contributed by atoms with E-state index in [1.165, 1.54) is 0 Å². The van der Waals surface area contributed by atoms with Gasteiger partial charge in [-0.2, -0.15) is 0 Å². The number of rotatable bonds is 1. The molecule has 0 aliphatic carbocycles. The summed E-state index contributed by atoms with van der Waals surface area (Å²) in [5.74, 6) is -0.251. The van der Waals surface area contributed by atoms with Crippen molar-refractivity contribution in [1.29, 1.82) is 0 Å². The lowest BCUT2D eigenvalue weighted by molar-refractivity contribution is -0.154. The van der Waals surface area contributed by atoms with Gasteiger partial charge in [-0.3, -0.25) is 0 Å². The summed E-state index contributed by atoms with van der Waals surface area (Å²) in [7, 11) is 0. The summed E-state index contributed by atoms with van der Waals surface area (Å²) in [6, 6.07) is 9.72. The second kappa shape index (κ2) is 2.42. The Labute approximate surface area is 88.0 Å². The van der Waals surface area contributed by atoms with Crippen LogP contribution in [0.15, 0.2) is 30.3 Å². The van der Waals surface area contributed by atoms with Crippen LogP contribution in [-0.4, -0.2) is 17.2 Å². The predicted molar refractivity (Wildman–Crippen MR) is 53.2 cm³/mol. The van der Waals surface area contributed by atoms with E-state index in [1.807, 2.05) is 37.3 Å². The molecule has 2 aliphatic rings. The van der Waals surface area contributed by atoms with Crippen LogP contribution in [-0.2, 0) is 14.3 Å². The molecule has 2 heterocycles. The van der Waals surface area contributed by atoms with Gasteiger partial charge < -0.3 is 9.47 Å². The zero-order valence-corrected chi connectivity index (χ0v) is 8.69. The number of ether oxygens (including phenoxy) is 2. The van der Waals surface area contributed by atoms with Gasteiger partial charge in [-0.15, -0.1) is 0 Å². The van der Waals surface area contributed by atoms with Crippen molar-refractivity contribution in [2.45, 2.75) is 31.2 Å². The van der Waals surface area contributed by atoms with Crippen LogP contribution in [0.5, 0.6) is 0 Å². The highest BCUT2D eigenvalue weighted by Crippen LogP contribution is 2.62. The number of hydrogen-bond donors (Lipinski definition) is 0. The Hall–Kier alpha value is -1.35. The van der Waals surface area contributed by atoms with Crippen LogP contribution < -0.4 is 0 Å².